The van der Waals surface area contributed by atoms with E-state index in [2.05, 4.69) is 26.7 Å². The fraction of sp³-hybridized carbons (Fsp3) is 0.333. The molecule has 25 heavy (non-hydrogen) atoms. The van der Waals surface area contributed by atoms with Crippen molar-refractivity contribution < 1.29 is 8.42 Å². The molecule has 3 aromatic rings. The van der Waals surface area contributed by atoms with Crippen molar-refractivity contribution in [2.45, 2.75) is 18.9 Å². The monoisotopic (exact) mass is 356 g/mol. The van der Waals surface area contributed by atoms with Crippen LogP contribution in [0, 0.1) is 0 Å². The lowest BCUT2D eigenvalue weighted by Gasteiger charge is -2.32. The lowest BCUT2D eigenvalue weighted by molar-refractivity contribution is 0.271. The number of rotatable bonds is 3. The minimum Gasteiger partial charge on any atom is -0.326 e. The van der Waals surface area contributed by atoms with E-state index in [1.54, 1.807) is 16.7 Å². The molecule has 0 amide bonds. The number of hydrogen-bond donors (Lipinski definition) is 0. The van der Waals surface area contributed by atoms with Gasteiger partial charge in [0.15, 0.2) is 0 Å². The standard InChI is InChI=1S/C18H20N4O2S/c1-25(23,24)21-10-2-3-16(12-21)22-13-20-17-5-4-15(11-18(17)22)14-6-8-19-9-7-14/h4-9,11,13,16H,2-3,10,12H2,1H3/t16-/m1/s1. The first-order chi connectivity index (χ1) is 12.0. The number of benzene rings is 1. The molecule has 1 atom stereocenters. The molecule has 0 radical (unpaired) electrons. The van der Waals surface area contributed by atoms with Gasteiger partial charge in [-0.3, -0.25) is 4.98 Å². The predicted molar refractivity (Wildman–Crippen MR) is 97.7 cm³/mol. The van der Waals surface area contributed by atoms with Gasteiger partial charge in [0.25, 0.3) is 0 Å². The van der Waals surface area contributed by atoms with Crippen molar-refractivity contribution in [3.63, 3.8) is 0 Å². The highest BCUT2D eigenvalue weighted by atomic mass is 32.2. The molecule has 1 saturated heterocycles. The molecule has 1 aliphatic rings. The first kappa shape index (κ1) is 16.2. The van der Waals surface area contributed by atoms with Crippen LogP contribution in [0.5, 0.6) is 0 Å². The van der Waals surface area contributed by atoms with Crippen LogP contribution in [0.4, 0.5) is 0 Å². The highest BCUT2D eigenvalue weighted by Gasteiger charge is 2.27. The Labute approximate surface area is 147 Å². The summed E-state index contributed by atoms with van der Waals surface area (Å²) in [6, 6.07) is 10.3. The van der Waals surface area contributed by atoms with Crippen molar-refractivity contribution in [2.24, 2.45) is 0 Å². The van der Waals surface area contributed by atoms with Gasteiger partial charge in [-0.15, -0.1) is 0 Å². The van der Waals surface area contributed by atoms with Crippen LogP contribution in [-0.4, -0.2) is 46.6 Å². The van der Waals surface area contributed by atoms with Gasteiger partial charge in [-0.2, -0.15) is 0 Å². The quantitative estimate of drug-likeness (QED) is 0.724. The smallest absolute Gasteiger partial charge is 0.211 e. The Morgan fingerprint density at radius 2 is 1.92 bits per heavy atom. The van der Waals surface area contributed by atoms with Gasteiger partial charge in [-0.1, -0.05) is 6.07 Å². The van der Waals surface area contributed by atoms with E-state index < -0.39 is 10.0 Å². The summed E-state index contributed by atoms with van der Waals surface area (Å²) < 4.78 is 27.5. The SMILES string of the molecule is CS(=O)(=O)N1CCC[C@@H](n2cnc3ccc(-c4ccncc4)cc32)C1. The predicted octanol–water partition coefficient (Wildman–Crippen LogP) is 2.69. The van der Waals surface area contributed by atoms with Gasteiger partial charge >= 0.3 is 0 Å². The molecule has 0 unspecified atom stereocenters. The second-order valence-electron chi connectivity index (χ2n) is 6.51. The Bertz CT molecular complexity index is 998. The Morgan fingerprint density at radius 3 is 2.68 bits per heavy atom. The van der Waals surface area contributed by atoms with E-state index in [0.29, 0.717) is 13.1 Å². The number of aromatic nitrogens is 3. The number of sulfonamides is 1. The molecular weight excluding hydrogens is 336 g/mol. The van der Waals surface area contributed by atoms with Crippen molar-refractivity contribution >= 4 is 21.1 Å². The van der Waals surface area contributed by atoms with Crippen molar-refractivity contribution in [2.75, 3.05) is 19.3 Å². The molecule has 0 aliphatic carbocycles. The average Bonchev–Trinajstić information content (AvgIpc) is 3.05. The second kappa shape index (κ2) is 6.24. The minimum atomic E-state index is -3.16. The van der Waals surface area contributed by atoms with E-state index in [9.17, 15) is 8.42 Å². The van der Waals surface area contributed by atoms with Crippen LogP contribution in [-0.2, 0) is 10.0 Å². The zero-order valence-electron chi connectivity index (χ0n) is 14.0. The molecule has 6 nitrogen and oxygen atoms in total. The summed E-state index contributed by atoms with van der Waals surface area (Å²) >= 11 is 0. The van der Waals surface area contributed by atoms with E-state index >= 15 is 0 Å². The lowest BCUT2D eigenvalue weighted by atomic mass is 10.0. The van der Waals surface area contributed by atoms with E-state index in [4.69, 9.17) is 0 Å². The topological polar surface area (TPSA) is 68.1 Å². The second-order valence-corrected chi connectivity index (χ2v) is 8.49. The maximum atomic E-state index is 11.9. The van der Waals surface area contributed by atoms with Gasteiger partial charge in [-0.25, -0.2) is 17.7 Å². The summed E-state index contributed by atoms with van der Waals surface area (Å²) in [7, 11) is -3.16. The summed E-state index contributed by atoms with van der Waals surface area (Å²) in [5, 5.41) is 0. The van der Waals surface area contributed by atoms with Gasteiger partial charge in [0, 0.05) is 31.5 Å². The molecule has 0 saturated carbocycles. The van der Waals surface area contributed by atoms with E-state index in [-0.39, 0.29) is 6.04 Å². The summed E-state index contributed by atoms with van der Waals surface area (Å²) in [4.78, 5) is 8.56. The van der Waals surface area contributed by atoms with Crippen LogP contribution < -0.4 is 0 Å². The molecule has 0 spiro atoms. The van der Waals surface area contributed by atoms with Gasteiger partial charge in [0.1, 0.15) is 0 Å². The van der Waals surface area contributed by atoms with Gasteiger partial charge < -0.3 is 4.57 Å². The third-order valence-electron chi connectivity index (χ3n) is 4.81. The highest BCUT2D eigenvalue weighted by molar-refractivity contribution is 7.88. The molecule has 1 aliphatic heterocycles. The molecular formula is C18H20N4O2S. The Balaban J connectivity index is 1.73. The van der Waals surface area contributed by atoms with E-state index in [1.807, 2.05) is 24.5 Å². The fourth-order valence-corrected chi connectivity index (χ4v) is 4.39. The molecule has 3 heterocycles. The fourth-order valence-electron chi connectivity index (χ4n) is 3.49. The number of pyridine rings is 1. The number of piperidine rings is 1. The summed E-state index contributed by atoms with van der Waals surface area (Å²) in [5.74, 6) is 0. The molecule has 130 valence electrons. The number of fused-ring (bicyclic) bond motifs is 1. The third kappa shape index (κ3) is 3.17. The maximum Gasteiger partial charge on any atom is 0.211 e. The number of imidazole rings is 1. The largest absolute Gasteiger partial charge is 0.326 e. The van der Waals surface area contributed by atoms with Crippen LogP contribution in [0.2, 0.25) is 0 Å². The first-order valence-electron chi connectivity index (χ1n) is 8.34. The van der Waals surface area contributed by atoms with Crippen LogP contribution >= 0.6 is 0 Å². The molecule has 1 fully saturated rings. The number of nitrogens with zero attached hydrogens (tertiary/aromatic N) is 4. The van der Waals surface area contributed by atoms with Crippen LogP contribution in [0.3, 0.4) is 0 Å². The first-order valence-corrected chi connectivity index (χ1v) is 10.2. The van der Waals surface area contributed by atoms with Crippen LogP contribution in [0.1, 0.15) is 18.9 Å². The van der Waals surface area contributed by atoms with Crippen LogP contribution in [0.25, 0.3) is 22.2 Å². The Morgan fingerprint density at radius 1 is 1.12 bits per heavy atom. The summed E-state index contributed by atoms with van der Waals surface area (Å²) in [6.07, 6.45) is 8.49. The van der Waals surface area contributed by atoms with E-state index in [1.165, 1.54) is 6.26 Å². The average molecular weight is 356 g/mol. The van der Waals surface area contributed by atoms with Gasteiger partial charge in [0.05, 0.1) is 23.6 Å². The minimum absolute atomic E-state index is 0.112. The normalized spacial score (nSPS) is 19.3. The van der Waals surface area contributed by atoms with Gasteiger partial charge in [-0.05, 0) is 48.2 Å². The molecule has 4 rings (SSSR count). The third-order valence-corrected chi connectivity index (χ3v) is 6.08. The Kier molecular flexibility index (Phi) is 4.05. The van der Waals surface area contributed by atoms with Crippen LogP contribution in [0.15, 0.2) is 49.1 Å². The van der Waals surface area contributed by atoms with Crippen molar-refractivity contribution in [1.29, 1.82) is 0 Å². The van der Waals surface area contributed by atoms with Crippen molar-refractivity contribution in [3.8, 4) is 11.1 Å². The summed E-state index contributed by atoms with van der Waals surface area (Å²) in [5.41, 5.74) is 4.17. The van der Waals surface area contributed by atoms with Crippen molar-refractivity contribution in [3.05, 3.63) is 49.1 Å². The van der Waals surface area contributed by atoms with Gasteiger partial charge in [0.2, 0.25) is 10.0 Å². The Hall–Kier alpha value is -2.25. The van der Waals surface area contributed by atoms with E-state index in [0.717, 1.165) is 35.0 Å². The molecule has 0 bridgehead atoms. The zero-order valence-corrected chi connectivity index (χ0v) is 14.9. The highest BCUT2D eigenvalue weighted by Crippen LogP contribution is 2.29. The molecule has 1 aromatic carbocycles. The molecule has 7 heteroatoms. The zero-order chi connectivity index (χ0) is 17.4. The molecule has 0 N–H and O–H groups in total. The maximum absolute atomic E-state index is 11.9. The lowest BCUT2D eigenvalue weighted by Crippen LogP contribution is -2.39. The van der Waals surface area contributed by atoms with Crippen molar-refractivity contribution in [1.82, 2.24) is 18.8 Å². The summed E-state index contributed by atoms with van der Waals surface area (Å²) in [6.45, 7) is 1.11. The molecule has 2 aromatic heterocycles. The number of hydrogen-bond acceptors (Lipinski definition) is 4.